The summed E-state index contributed by atoms with van der Waals surface area (Å²) in [5.74, 6) is -0.996. The number of esters is 2. The number of aliphatic hydroxyl groups excluding tert-OH is 1. The lowest BCUT2D eigenvalue weighted by Crippen LogP contribution is -2.29. The molecule has 0 aliphatic heterocycles. The second-order valence-electron chi connectivity index (χ2n) is 15.4. The van der Waals surface area contributed by atoms with E-state index in [9.17, 15) is 33.5 Å². The highest BCUT2D eigenvalue weighted by molar-refractivity contribution is 7.47. The molecule has 0 amide bonds. The van der Waals surface area contributed by atoms with E-state index in [1.54, 1.807) is 12.2 Å². The van der Waals surface area contributed by atoms with Gasteiger partial charge in [0.2, 0.25) is 0 Å². The van der Waals surface area contributed by atoms with Crippen molar-refractivity contribution in [2.24, 2.45) is 0 Å². The summed E-state index contributed by atoms with van der Waals surface area (Å²) in [5, 5.41) is 9.75. The second-order valence-corrected chi connectivity index (χ2v) is 18.0. The van der Waals surface area contributed by atoms with E-state index in [-0.39, 0.29) is 18.6 Å². The lowest BCUT2D eigenvalue weighted by Gasteiger charge is -2.20. The number of ketones is 1. The van der Waals surface area contributed by atoms with Gasteiger partial charge in [0.1, 0.15) is 12.7 Å². The summed E-state index contributed by atoms with van der Waals surface area (Å²) in [4.78, 5) is 64.5. The van der Waals surface area contributed by atoms with Gasteiger partial charge in [0, 0.05) is 19.3 Å². The Kier molecular flexibility index (Phi) is 39.5. The van der Waals surface area contributed by atoms with Crippen molar-refractivity contribution in [1.82, 2.24) is 0 Å². The molecule has 0 radical (unpaired) electrons. The number of phosphoric acid groups is 2. The Labute approximate surface area is 372 Å². The van der Waals surface area contributed by atoms with Crippen LogP contribution in [0.3, 0.4) is 0 Å². The molecule has 3 atom stereocenters. The number of hydrogen-bond donors (Lipinski definition) is 4. The molecule has 0 heterocycles. The average Bonchev–Trinajstić information content (AvgIpc) is 3.23. The molecule has 4 N–H and O–H groups in total. The molecule has 62 heavy (non-hydrogen) atoms. The maximum Gasteiger partial charge on any atom is 0.472 e. The predicted octanol–water partition coefficient (Wildman–Crippen LogP) is 11.2. The SMILES string of the molecule is CCCCCCCC/C=C\CCCCCCCCCC(=O)OC[C@H](COP(=O)(O)OC[C@@H](O)COP(=O)(O)O)OC(=O)CCC/C=C\C/C=C\C/C=C\C=C\C(=O)CCCCC. The van der Waals surface area contributed by atoms with E-state index in [4.69, 9.17) is 23.8 Å². The highest BCUT2D eigenvalue weighted by Crippen LogP contribution is 2.43. The fourth-order valence-corrected chi connectivity index (χ4v) is 6.98. The lowest BCUT2D eigenvalue weighted by molar-refractivity contribution is -0.161. The van der Waals surface area contributed by atoms with Crippen LogP contribution in [0.5, 0.6) is 0 Å². The number of carbonyl (C=O) groups excluding carboxylic acids is 3. The molecule has 358 valence electrons. The Bertz CT molecular complexity index is 1390. The Balaban J connectivity index is 4.63. The van der Waals surface area contributed by atoms with Crippen LogP contribution in [0.4, 0.5) is 0 Å². The van der Waals surface area contributed by atoms with Crippen molar-refractivity contribution in [2.45, 2.75) is 187 Å². The first kappa shape index (κ1) is 59.5. The standard InChI is InChI=1S/C46H80O14P2/c1-3-5-7-8-9-10-11-12-13-14-15-16-19-22-25-28-32-36-45(49)56-40-44(41-59-62(54,55)58-39-43(48)38-57-61(51,52)53)60-46(50)37-33-29-26-23-20-17-18-21-24-27-31-35-42(47)34-30-6-4-2/h12-13,17-18,23-24,26-27,31,35,43-44,48H,3-11,14-16,19-22,25,28-30,32-34,36-41H2,1-2H3,(H,54,55)(H2,51,52,53)/b13-12-,18-17-,26-23-,27-24-,35-31+/t43-,44+/m0/s1. The van der Waals surface area contributed by atoms with E-state index in [0.29, 0.717) is 32.1 Å². The van der Waals surface area contributed by atoms with Crippen LogP contribution in [0.25, 0.3) is 0 Å². The molecule has 1 unspecified atom stereocenters. The summed E-state index contributed by atoms with van der Waals surface area (Å²) in [6.45, 7) is 1.51. The van der Waals surface area contributed by atoms with E-state index in [1.165, 1.54) is 57.8 Å². The minimum Gasteiger partial charge on any atom is -0.462 e. The molecule has 0 rings (SSSR count). The molecule has 14 nitrogen and oxygen atoms in total. The zero-order chi connectivity index (χ0) is 46.0. The maximum absolute atomic E-state index is 12.7. The third-order valence-electron chi connectivity index (χ3n) is 9.35. The summed E-state index contributed by atoms with van der Waals surface area (Å²) >= 11 is 0. The fourth-order valence-electron chi connectivity index (χ4n) is 5.82. The number of aliphatic hydroxyl groups is 1. The molecule has 0 aromatic carbocycles. The van der Waals surface area contributed by atoms with Gasteiger partial charge in [-0.3, -0.25) is 28.0 Å². The van der Waals surface area contributed by atoms with Gasteiger partial charge in [-0.15, -0.1) is 0 Å². The number of hydrogen-bond acceptors (Lipinski definition) is 11. The Morgan fingerprint density at radius 3 is 1.65 bits per heavy atom. The molecule has 0 spiro atoms. The number of unbranched alkanes of at least 4 members (excludes halogenated alkanes) is 16. The van der Waals surface area contributed by atoms with Crippen LogP contribution in [-0.2, 0) is 46.6 Å². The summed E-state index contributed by atoms with van der Waals surface area (Å²) < 4.78 is 47.7. The van der Waals surface area contributed by atoms with E-state index < -0.39 is 66.2 Å². The van der Waals surface area contributed by atoms with Gasteiger partial charge in [-0.05, 0) is 70.3 Å². The van der Waals surface area contributed by atoms with Gasteiger partial charge in [-0.1, -0.05) is 146 Å². The topological polar surface area (TPSA) is 212 Å². The molecule has 0 aromatic rings. The first-order valence-electron chi connectivity index (χ1n) is 22.9. The molecule has 0 aromatic heterocycles. The predicted molar refractivity (Wildman–Crippen MR) is 244 cm³/mol. The summed E-state index contributed by atoms with van der Waals surface area (Å²) in [6.07, 6.45) is 40.6. The molecule has 0 saturated heterocycles. The minimum absolute atomic E-state index is 0.0268. The zero-order valence-electron chi connectivity index (χ0n) is 37.7. The second kappa shape index (κ2) is 41.2. The number of allylic oxidation sites excluding steroid dienone is 10. The molecule has 0 saturated carbocycles. The lowest BCUT2D eigenvalue weighted by atomic mass is 10.1. The van der Waals surface area contributed by atoms with Gasteiger partial charge < -0.3 is 29.3 Å². The first-order chi connectivity index (χ1) is 29.8. The van der Waals surface area contributed by atoms with Crippen molar-refractivity contribution in [2.75, 3.05) is 26.4 Å². The minimum atomic E-state index is -4.88. The molecule has 0 aliphatic rings. The summed E-state index contributed by atoms with van der Waals surface area (Å²) in [5.41, 5.74) is 0. The summed E-state index contributed by atoms with van der Waals surface area (Å²) in [7, 11) is -9.72. The van der Waals surface area contributed by atoms with Crippen LogP contribution in [0.1, 0.15) is 174 Å². The molecule has 0 bridgehead atoms. The van der Waals surface area contributed by atoms with E-state index in [2.05, 4.69) is 35.0 Å². The van der Waals surface area contributed by atoms with Crippen molar-refractivity contribution in [3.63, 3.8) is 0 Å². The molecule has 0 fully saturated rings. The van der Waals surface area contributed by atoms with Gasteiger partial charge in [-0.2, -0.15) is 0 Å². The van der Waals surface area contributed by atoms with E-state index in [1.807, 2.05) is 36.5 Å². The normalized spacial score (nSPS) is 14.4. The van der Waals surface area contributed by atoms with E-state index in [0.717, 1.165) is 57.8 Å². The number of phosphoric ester groups is 2. The number of rotatable bonds is 43. The molecule has 16 heteroatoms. The number of ether oxygens (including phenoxy) is 2. The van der Waals surface area contributed by atoms with Crippen molar-refractivity contribution in [3.8, 4) is 0 Å². The molecule has 0 aliphatic carbocycles. The van der Waals surface area contributed by atoms with Gasteiger partial charge in [0.25, 0.3) is 0 Å². The average molecular weight is 919 g/mol. The third kappa shape index (κ3) is 44.1. The zero-order valence-corrected chi connectivity index (χ0v) is 39.5. The van der Waals surface area contributed by atoms with Crippen molar-refractivity contribution < 1.29 is 66.3 Å². The quantitative estimate of drug-likeness (QED) is 0.0112. The van der Waals surface area contributed by atoms with Crippen LogP contribution < -0.4 is 0 Å². The summed E-state index contributed by atoms with van der Waals surface area (Å²) in [6, 6.07) is 0. The Hall–Kier alpha value is -2.51. The Morgan fingerprint density at radius 2 is 1.00 bits per heavy atom. The monoisotopic (exact) mass is 919 g/mol. The van der Waals surface area contributed by atoms with Crippen molar-refractivity contribution in [3.05, 3.63) is 60.8 Å². The van der Waals surface area contributed by atoms with Gasteiger partial charge in [0.15, 0.2) is 11.9 Å². The van der Waals surface area contributed by atoms with Crippen LogP contribution >= 0.6 is 15.6 Å². The van der Waals surface area contributed by atoms with E-state index >= 15 is 0 Å². The maximum atomic E-state index is 12.7. The van der Waals surface area contributed by atoms with Crippen LogP contribution in [0, 0.1) is 0 Å². The van der Waals surface area contributed by atoms with Gasteiger partial charge in [0.05, 0.1) is 19.8 Å². The largest absolute Gasteiger partial charge is 0.472 e. The van der Waals surface area contributed by atoms with Crippen LogP contribution in [-0.4, -0.2) is 76.1 Å². The van der Waals surface area contributed by atoms with Crippen LogP contribution in [0.2, 0.25) is 0 Å². The molecular formula is C46H80O14P2. The molecular weight excluding hydrogens is 838 g/mol. The Morgan fingerprint density at radius 1 is 0.516 bits per heavy atom. The van der Waals surface area contributed by atoms with Gasteiger partial charge >= 0.3 is 27.6 Å². The highest BCUT2D eigenvalue weighted by atomic mass is 31.2. The van der Waals surface area contributed by atoms with Crippen LogP contribution in [0.15, 0.2) is 60.8 Å². The first-order valence-corrected chi connectivity index (χ1v) is 26.0. The third-order valence-corrected chi connectivity index (χ3v) is 10.8. The van der Waals surface area contributed by atoms with Gasteiger partial charge in [-0.25, -0.2) is 9.13 Å². The highest BCUT2D eigenvalue weighted by Gasteiger charge is 2.28. The fraction of sp³-hybridized carbons (Fsp3) is 0.717. The number of carbonyl (C=O) groups is 3. The smallest absolute Gasteiger partial charge is 0.462 e. The van der Waals surface area contributed by atoms with Crippen molar-refractivity contribution >= 4 is 33.4 Å². The van der Waals surface area contributed by atoms with Crippen molar-refractivity contribution in [1.29, 1.82) is 0 Å².